The van der Waals surface area contributed by atoms with Crippen molar-refractivity contribution in [3.05, 3.63) is 63.7 Å². The number of aliphatic carboxylic acids is 1. The Kier molecular flexibility index (Phi) is 5.57. The fraction of sp³-hybridized carbons (Fsp3) is 0.316. The largest absolute Gasteiger partial charge is 0.478 e. The number of hydrazine groups is 1. The zero-order valence-corrected chi connectivity index (χ0v) is 16.1. The highest BCUT2D eigenvalue weighted by molar-refractivity contribution is 6.30. The standard InChI is InChI=1S/C19H20ClFN4O4/c20-16-9-12(18(27)28)8-15-17(11-1-2-14(21)13(7-11)10-26)22-19(23-25(15)16)24-3-5-29-6-4-24/h1-2,7-9,19,22-23,26H,3-6,10H2,(H,27,28). The molecule has 0 bridgehead atoms. The van der Waals surface area contributed by atoms with E-state index in [0.717, 1.165) is 0 Å². The van der Waals surface area contributed by atoms with Crippen LogP contribution in [0.1, 0.15) is 11.1 Å². The molecule has 3 aliphatic heterocycles. The van der Waals surface area contributed by atoms with Gasteiger partial charge in [0.15, 0.2) is 6.29 Å². The minimum Gasteiger partial charge on any atom is -0.478 e. The van der Waals surface area contributed by atoms with Crippen molar-refractivity contribution in [2.75, 3.05) is 26.3 Å². The number of nitrogens with one attached hydrogen (secondary N) is 2. The predicted molar refractivity (Wildman–Crippen MR) is 103 cm³/mol. The fourth-order valence-corrected chi connectivity index (χ4v) is 3.71. The molecular formula is C19H20ClFN4O4. The molecule has 1 unspecified atom stereocenters. The number of rotatable bonds is 4. The molecule has 0 radical (unpaired) electrons. The molecule has 0 amide bonds. The number of halogens is 2. The molecule has 29 heavy (non-hydrogen) atoms. The van der Waals surface area contributed by atoms with Gasteiger partial charge in [0, 0.05) is 24.2 Å². The van der Waals surface area contributed by atoms with Crippen LogP contribution < -0.4 is 10.7 Å². The van der Waals surface area contributed by atoms with Crippen molar-refractivity contribution in [3.63, 3.8) is 0 Å². The van der Waals surface area contributed by atoms with Crippen molar-refractivity contribution in [1.82, 2.24) is 20.7 Å². The normalized spacial score (nSPS) is 22.6. The molecule has 4 N–H and O–H groups in total. The molecule has 3 aliphatic rings. The highest BCUT2D eigenvalue weighted by Gasteiger charge is 2.34. The van der Waals surface area contributed by atoms with Gasteiger partial charge in [0.1, 0.15) is 11.0 Å². The second kappa shape index (κ2) is 8.13. The van der Waals surface area contributed by atoms with Crippen molar-refractivity contribution in [3.8, 4) is 0 Å². The molecule has 0 saturated carbocycles. The van der Waals surface area contributed by atoms with Crippen LogP contribution in [-0.2, 0) is 16.1 Å². The third kappa shape index (κ3) is 3.87. The Labute approximate surface area is 171 Å². The highest BCUT2D eigenvalue weighted by atomic mass is 35.5. The van der Waals surface area contributed by atoms with Crippen LogP contribution in [0.25, 0.3) is 5.70 Å². The minimum absolute atomic E-state index is 0.0247. The Morgan fingerprint density at radius 2 is 2.07 bits per heavy atom. The maximum atomic E-state index is 13.9. The van der Waals surface area contributed by atoms with Crippen LogP contribution in [0.4, 0.5) is 4.39 Å². The zero-order valence-electron chi connectivity index (χ0n) is 15.4. The molecule has 1 aromatic rings. The molecule has 1 fully saturated rings. The number of aliphatic hydroxyl groups is 1. The molecular weight excluding hydrogens is 403 g/mol. The molecule has 4 rings (SSSR count). The lowest BCUT2D eigenvalue weighted by Crippen LogP contribution is -2.64. The minimum atomic E-state index is -1.11. The summed E-state index contributed by atoms with van der Waals surface area (Å²) in [5, 5.41) is 24.0. The van der Waals surface area contributed by atoms with Crippen molar-refractivity contribution >= 4 is 23.3 Å². The summed E-state index contributed by atoms with van der Waals surface area (Å²) in [5.74, 6) is -1.62. The van der Waals surface area contributed by atoms with Crippen LogP contribution in [0.2, 0.25) is 0 Å². The number of nitrogens with zero attached hydrogens (tertiary/aromatic N) is 2. The van der Waals surface area contributed by atoms with Gasteiger partial charge in [-0.2, -0.15) is 5.43 Å². The molecule has 8 nitrogen and oxygen atoms in total. The number of benzene rings is 1. The van der Waals surface area contributed by atoms with E-state index in [4.69, 9.17) is 16.3 Å². The predicted octanol–water partition coefficient (Wildman–Crippen LogP) is 1.12. The van der Waals surface area contributed by atoms with Gasteiger partial charge in [0.05, 0.1) is 36.8 Å². The van der Waals surface area contributed by atoms with Crippen LogP contribution >= 0.6 is 11.6 Å². The summed E-state index contributed by atoms with van der Waals surface area (Å²) in [6, 6.07) is 4.38. The highest BCUT2D eigenvalue weighted by Crippen LogP contribution is 2.33. The average Bonchev–Trinajstić information content (AvgIpc) is 2.74. The molecule has 154 valence electrons. The Balaban J connectivity index is 1.81. The molecule has 0 spiro atoms. The van der Waals surface area contributed by atoms with Gasteiger partial charge in [-0.15, -0.1) is 0 Å². The number of hydrogen-bond acceptors (Lipinski definition) is 7. The van der Waals surface area contributed by atoms with Crippen LogP contribution in [0.15, 0.2) is 46.8 Å². The maximum Gasteiger partial charge on any atom is 0.335 e. The van der Waals surface area contributed by atoms with E-state index in [0.29, 0.717) is 43.3 Å². The fourth-order valence-electron chi connectivity index (χ4n) is 3.46. The molecule has 10 heteroatoms. The first-order chi connectivity index (χ1) is 14.0. The van der Waals surface area contributed by atoms with Crippen molar-refractivity contribution in [2.45, 2.75) is 12.9 Å². The molecule has 1 atom stereocenters. The SMILES string of the molecule is O=C(O)C1=CC2=C(c3ccc(F)c(CO)c3)NC(N3CCOCC3)NN2C(Cl)=C1. The summed E-state index contributed by atoms with van der Waals surface area (Å²) in [6.45, 7) is 2.09. The lowest BCUT2D eigenvalue weighted by molar-refractivity contribution is -0.132. The summed E-state index contributed by atoms with van der Waals surface area (Å²) < 4.78 is 19.3. The van der Waals surface area contributed by atoms with Crippen LogP contribution in [0.5, 0.6) is 0 Å². The summed E-state index contributed by atoms with van der Waals surface area (Å²) >= 11 is 6.39. The van der Waals surface area contributed by atoms with Crippen molar-refractivity contribution in [2.24, 2.45) is 0 Å². The van der Waals surface area contributed by atoms with E-state index in [1.54, 1.807) is 11.1 Å². The smallest absolute Gasteiger partial charge is 0.335 e. The van der Waals surface area contributed by atoms with E-state index in [1.165, 1.54) is 24.3 Å². The van der Waals surface area contributed by atoms with Gasteiger partial charge in [0.2, 0.25) is 0 Å². The Morgan fingerprint density at radius 1 is 1.31 bits per heavy atom. The van der Waals surface area contributed by atoms with Crippen molar-refractivity contribution < 1.29 is 24.1 Å². The Hall–Kier alpha value is -2.43. The van der Waals surface area contributed by atoms with E-state index in [1.807, 2.05) is 0 Å². The maximum absolute atomic E-state index is 13.9. The first-order valence-corrected chi connectivity index (χ1v) is 9.46. The van der Waals surface area contributed by atoms with E-state index < -0.39 is 18.4 Å². The number of fused-ring (bicyclic) bond motifs is 1. The summed E-state index contributed by atoms with van der Waals surface area (Å²) in [4.78, 5) is 13.6. The molecule has 1 saturated heterocycles. The quantitative estimate of drug-likeness (QED) is 0.536. The molecule has 3 heterocycles. The number of ether oxygens (including phenoxy) is 1. The molecule has 1 aromatic carbocycles. The third-order valence-electron chi connectivity index (χ3n) is 4.97. The number of morpholine rings is 1. The molecule has 0 aromatic heterocycles. The Morgan fingerprint density at radius 3 is 2.76 bits per heavy atom. The first-order valence-electron chi connectivity index (χ1n) is 9.08. The third-order valence-corrected chi connectivity index (χ3v) is 5.25. The number of carbonyl (C=O) groups is 1. The van der Waals surface area contributed by atoms with Gasteiger partial charge in [-0.25, -0.2) is 9.18 Å². The van der Waals surface area contributed by atoms with Gasteiger partial charge in [-0.1, -0.05) is 11.6 Å². The number of carboxylic acid groups (broad SMARTS) is 1. The summed E-state index contributed by atoms with van der Waals surface area (Å²) in [6.07, 6.45) is 2.51. The van der Waals surface area contributed by atoms with E-state index in [9.17, 15) is 19.4 Å². The van der Waals surface area contributed by atoms with Crippen molar-refractivity contribution in [1.29, 1.82) is 0 Å². The lowest BCUT2D eigenvalue weighted by atomic mass is 10.0. The second-order valence-electron chi connectivity index (χ2n) is 6.76. The Bertz CT molecular complexity index is 927. The monoisotopic (exact) mass is 422 g/mol. The van der Waals surface area contributed by atoms with Gasteiger partial charge in [0.25, 0.3) is 0 Å². The number of carboxylic acids is 1. The lowest BCUT2D eigenvalue weighted by Gasteiger charge is -2.45. The second-order valence-corrected chi connectivity index (χ2v) is 7.14. The zero-order chi connectivity index (χ0) is 20.5. The van der Waals surface area contributed by atoms with Gasteiger partial charge >= 0.3 is 5.97 Å². The number of allylic oxidation sites excluding steroid dienone is 1. The summed E-state index contributed by atoms with van der Waals surface area (Å²) in [5.41, 5.74) is 5.07. The van der Waals surface area contributed by atoms with Gasteiger partial charge in [-0.05, 0) is 30.4 Å². The summed E-state index contributed by atoms with van der Waals surface area (Å²) in [7, 11) is 0. The average molecular weight is 423 g/mol. The van der Waals surface area contributed by atoms with Gasteiger partial charge in [-0.3, -0.25) is 9.91 Å². The first kappa shape index (κ1) is 19.9. The van der Waals surface area contributed by atoms with E-state index in [-0.39, 0.29) is 22.6 Å². The molecule has 0 aliphatic carbocycles. The van der Waals surface area contributed by atoms with E-state index in [2.05, 4.69) is 15.6 Å². The van der Waals surface area contributed by atoms with Crippen LogP contribution in [0.3, 0.4) is 0 Å². The van der Waals surface area contributed by atoms with Crippen LogP contribution in [0, 0.1) is 5.82 Å². The van der Waals surface area contributed by atoms with Gasteiger partial charge < -0.3 is 20.3 Å². The number of aliphatic hydroxyl groups excluding tert-OH is 1. The van der Waals surface area contributed by atoms with Crippen LogP contribution in [-0.4, -0.2) is 58.7 Å². The number of hydrogen-bond donors (Lipinski definition) is 4. The topological polar surface area (TPSA) is 97.3 Å². The van der Waals surface area contributed by atoms with E-state index >= 15 is 0 Å².